The number of halogens is 3. The molecule has 2 amide bonds. The van der Waals surface area contributed by atoms with Crippen LogP contribution in [0.2, 0.25) is 0 Å². The number of piperidine rings is 6. The molecular weight excluding hydrogens is 1070 g/mol. The summed E-state index contributed by atoms with van der Waals surface area (Å²) in [5.41, 5.74) is 5.19. The van der Waals surface area contributed by atoms with E-state index in [-0.39, 0.29) is 46.8 Å². The van der Waals surface area contributed by atoms with E-state index in [1.165, 1.54) is 35.8 Å². The van der Waals surface area contributed by atoms with E-state index in [9.17, 15) is 18.4 Å². The third kappa shape index (κ3) is 14.9. The summed E-state index contributed by atoms with van der Waals surface area (Å²) < 4.78 is 53.7. The number of quaternary nitrogens is 2. The van der Waals surface area contributed by atoms with Crippen LogP contribution in [-0.4, -0.2) is 106 Å². The standard InChI is InChI=1S/C29H34FN2O3S.C29H32FN2O3S.CH2O2.BrH/c1-21-12-17-36-28(21)19-31(26-9-8-24(30)18-22(26)2)29(33)35-27-20-32(13-10-23(27)11-14-32)15-16-34-25-6-4-3-5-7-25;1-34-27-10-9-25(18-26(27)30)31(19-23-13-17-36-21-23)29(33)35-28-20-32(15-11-24(28)12-16-32)14-5-8-22-6-3-2-4-7-22;2-1-3;/h3-9,12,17-18,23,27H,10-11,13-16,19-20H2,1-2H3;2-10,13,17-18,21,24,28H,11-12,14-16,19-20H2,1H3;1H,(H,2,3);1H/q2*+1;;/p-2/t23?,27-,32?;24?,28-,32?;;/m00../s1. The van der Waals surface area contributed by atoms with E-state index in [0.717, 1.165) is 114 Å². The third-order valence-electron chi connectivity index (χ3n) is 15.3. The molecule has 6 aromatic rings. The third-order valence-corrected chi connectivity index (χ3v) is 17.0. The number of carbonyl (C=O) groups excluding carboxylic acids is 3. The molecule has 76 heavy (non-hydrogen) atoms. The number of carboxylic acid groups (broad SMARTS) is 1. The first-order valence-corrected chi connectivity index (χ1v) is 27.5. The largest absolute Gasteiger partial charge is 1.00 e. The van der Waals surface area contributed by atoms with Crippen LogP contribution in [0.3, 0.4) is 0 Å². The van der Waals surface area contributed by atoms with Gasteiger partial charge in [-0.2, -0.15) is 11.3 Å². The van der Waals surface area contributed by atoms with Crippen molar-refractivity contribution in [2.75, 3.05) is 75.9 Å². The molecular formula is C59H67BrF2N4O8S2. The van der Waals surface area contributed by atoms with Crippen molar-refractivity contribution >= 4 is 58.8 Å². The molecule has 0 spiro atoms. The molecule has 12 nitrogen and oxygen atoms in total. The van der Waals surface area contributed by atoms with Gasteiger partial charge in [0, 0.05) is 54.9 Å². The summed E-state index contributed by atoms with van der Waals surface area (Å²) in [5, 5.41) is 14.2. The minimum Gasteiger partial charge on any atom is -1.00 e. The number of ether oxygens (including phenoxy) is 4. The van der Waals surface area contributed by atoms with Crippen molar-refractivity contribution in [3.8, 4) is 11.5 Å². The molecule has 0 saturated carbocycles. The van der Waals surface area contributed by atoms with Gasteiger partial charge in [-0.15, -0.1) is 11.3 Å². The number of benzene rings is 4. The number of amides is 2. The van der Waals surface area contributed by atoms with Crippen LogP contribution in [0.4, 0.5) is 29.7 Å². The summed E-state index contributed by atoms with van der Waals surface area (Å²) in [6.07, 6.45) is 7.61. The van der Waals surface area contributed by atoms with Gasteiger partial charge in [0.15, 0.2) is 23.8 Å². The Labute approximate surface area is 463 Å². The number of rotatable bonds is 16. The first kappa shape index (κ1) is 57.6. The van der Waals surface area contributed by atoms with Crippen LogP contribution in [0.1, 0.15) is 52.8 Å². The minimum atomic E-state index is -0.504. The number of para-hydroxylation sites is 1. The van der Waals surface area contributed by atoms with Crippen molar-refractivity contribution in [3.63, 3.8) is 0 Å². The maximum absolute atomic E-state index is 14.5. The molecule has 17 heteroatoms. The zero-order valence-electron chi connectivity index (χ0n) is 43.3. The first-order chi connectivity index (χ1) is 36.4. The zero-order valence-corrected chi connectivity index (χ0v) is 46.5. The topological polar surface area (TPSA) is 118 Å². The van der Waals surface area contributed by atoms with Gasteiger partial charge in [0.05, 0.1) is 64.3 Å². The van der Waals surface area contributed by atoms with Crippen molar-refractivity contribution in [2.45, 2.75) is 64.8 Å². The van der Waals surface area contributed by atoms with E-state index in [1.807, 2.05) is 84.6 Å². The lowest BCUT2D eigenvalue weighted by atomic mass is 9.83. The van der Waals surface area contributed by atoms with E-state index in [0.29, 0.717) is 42.9 Å². The number of fused-ring (bicyclic) bond motifs is 6. The Balaban J connectivity index is 0.000000208. The molecule has 6 fully saturated rings. The van der Waals surface area contributed by atoms with Crippen molar-refractivity contribution in [2.24, 2.45) is 11.8 Å². The summed E-state index contributed by atoms with van der Waals surface area (Å²) in [6, 6.07) is 33.4. The second kappa shape index (κ2) is 27.3. The van der Waals surface area contributed by atoms with Crippen LogP contribution in [0.25, 0.3) is 6.08 Å². The molecule has 0 radical (unpaired) electrons. The maximum atomic E-state index is 14.5. The number of carbonyl (C=O) groups is 3. The molecule has 6 aliphatic heterocycles. The predicted octanol–water partition coefficient (Wildman–Crippen LogP) is 8.07. The summed E-state index contributed by atoms with van der Waals surface area (Å²) in [5.74, 6) is 0.995. The van der Waals surface area contributed by atoms with Crippen molar-refractivity contribution in [3.05, 3.63) is 170 Å². The lowest BCUT2D eigenvalue weighted by Gasteiger charge is -2.52. The van der Waals surface area contributed by atoms with E-state index in [2.05, 4.69) is 30.4 Å². The number of aryl methyl sites for hydroxylation is 2. The zero-order chi connectivity index (χ0) is 52.8. The molecule has 0 N–H and O–H groups in total. The van der Waals surface area contributed by atoms with Crippen molar-refractivity contribution in [1.82, 2.24) is 0 Å². The summed E-state index contributed by atoms with van der Waals surface area (Å²) in [6.45, 7) is 12.7. The summed E-state index contributed by atoms with van der Waals surface area (Å²) >= 11 is 3.19. The van der Waals surface area contributed by atoms with Crippen LogP contribution in [0.5, 0.6) is 11.5 Å². The Hall–Kier alpha value is -6.11. The Morgan fingerprint density at radius 1 is 0.750 bits per heavy atom. The van der Waals surface area contributed by atoms with Gasteiger partial charge >= 0.3 is 12.2 Å². The molecule has 6 saturated heterocycles. The second-order valence-corrected chi connectivity index (χ2v) is 21.8. The number of methoxy groups -OCH3 is 1. The Morgan fingerprint density at radius 3 is 1.97 bits per heavy atom. The van der Waals surface area contributed by atoms with Gasteiger partial charge < -0.3 is 54.8 Å². The molecule has 2 aromatic heterocycles. The van der Waals surface area contributed by atoms with Gasteiger partial charge in [-0.05, 0) is 113 Å². The van der Waals surface area contributed by atoms with E-state index in [1.54, 1.807) is 45.8 Å². The SMILES string of the molecule is COc1ccc(N(Cc2ccsc2)C(=O)O[C@H]2C[N+]3(CC=Cc4ccccc4)CCC2CC3)cc1F.Cc1cc(F)ccc1N(Cc1sccc1C)C(=O)O[C@H]1C[N+]2(CCOc3ccccc3)CCC1CC2.O=C[O-].[Br-]. The van der Waals surface area contributed by atoms with E-state index >= 15 is 0 Å². The minimum absolute atomic E-state index is 0. The number of hydrogen-bond acceptors (Lipinski definition) is 10. The van der Waals surface area contributed by atoms with Crippen molar-refractivity contribution < 1.29 is 73.2 Å². The highest BCUT2D eigenvalue weighted by atomic mass is 79.9. The van der Waals surface area contributed by atoms with E-state index in [4.69, 9.17) is 28.8 Å². The second-order valence-electron chi connectivity index (χ2n) is 20.0. The van der Waals surface area contributed by atoms with Crippen LogP contribution >= 0.6 is 22.7 Å². The molecule has 8 heterocycles. The monoisotopic (exact) mass is 1140 g/mol. The lowest BCUT2D eigenvalue weighted by molar-refractivity contribution is -0.946. The van der Waals surface area contributed by atoms with Crippen LogP contribution < -0.4 is 41.4 Å². The van der Waals surface area contributed by atoms with Crippen LogP contribution in [-0.2, 0) is 27.4 Å². The van der Waals surface area contributed by atoms with Gasteiger partial charge in [0.2, 0.25) is 0 Å². The van der Waals surface area contributed by atoms with Crippen LogP contribution in [0, 0.1) is 37.3 Å². The summed E-state index contributed by atoms with van der Waals surface area (Å²) in [4.78, 5) is 39.7. The van der Waals surface area contributed by atoms with Crippen molar-refractivity contribution in [1.29, 1.82) is 0 Å². The fraction of sp³-hybridized carbons (Fsp3) is 0.373. The Kier molecular flexibility index (Phi) is 20.7. The quantitative estimate of drug-likeness (QED) is 0.0707. The molecule has 2 atom stereocenters. The fourth-order valence-electron chi connectivity index (χ4n) is 11.0. The highest BCUT2D eigenvalue weighted by Crippen LogP contribution is 2.38. The molecule has 4 bridgehead atoms. The molecule has 404 valence electrons. The highest BCUT2D eigenvalue weighted by Gasteiger charge is 2.49. The van der Waals surface area contributed by atoms with Gasteiger partial charge in [-0.3, -0.25) is 9.80 Å². The molecule has 6 aliphatic rings. The predicted molar refractivity (Wildman–Crippen MR) is 289 cm³/mol. The van der Waals surface area contributed by atoms with Crippen LogP contribution in [0.15, 0.2) is 131 Å². The first-order valence-electron chi connectivity index (χ1n) is 25.6. The van der Waals surface area contributed by atoms with Gasteiger partial charge in [-0.1, -0.05) is 54.6 Å². The maximum Gasteiger partial charge on any atom is 0.415 e. The lowest BCUT2D eigenvalue weighted by Crippen LogP contribution is -3.00. The molecule has 12 rings (SSSR count). The number of anilines is 2. The molecule has 0 unspecified atom stereocenters. The van der Waals surface area contributed by atoms with E-state index < -0.39 is 18.4 Å². The smallest absolute Gasteiger partial charge is 0.415 e. The Bertz CT molecular complexity index is 2820. The average Bonchev–Trinajstić information content (AvgIpc) is 4.12. The van der Waals surface area contributed by atoms with Gasteiger partial charge in [0.25, 0.3) is 0 Å². The molecule has 0 aliphatic carbocycles. The van der Waals surface area contributed by atoms with Gasteiger partial charge in [0.1, 0.15) is 37.8 Å². The normalized spacial score (nSPS) is 21.9. The Morgan fingerprint density at radius 2 is 1.38 bits per heavy atom. The highest BCUT2D eigenvalue weighted by molar-refractivity contribution is 7.10. The molecule has 4 aromatic carbocycles. The number of nitrogens with zero attached hydrogens (tertiary/aromatic N) is 4. The van der Waals surface area contributed by atoms with Gasteiger partial charge in [-0.25, -0.2) is 18.4 Å². The number of hydrogen-bond donors (Lipinski definition) is 0. The number of thiophene rings is 2. The fourth-order valence-corrected chi connectivity index (χ4v) is 12.6. The average molecular weight is 1140 g/mol. The summed E-state index contributed by atoms with van der Waals surface area (Å²) in [7, 11) is 1.43.